The molecular weight excluding hydrogens is 546 g/mol. The number of carboxylic acids is 1. The van der Waals surface area contributed by atoms with E-state index >= 15 is 0 Å². The van der Waals surface area contributed by atoms with Gasteiger partial charge in [-0.25, -0.2) is 14.2 Å². The number of nitrogens with one attached hydrogen (secondary N) is 2. The molecule has 0 bridgehead atoms. The van der Waals surface area contributed by atoms with Crippen molar-refractivity contribution in [2.75, 3.05) is 38.1 Å². The van der Waals surface area contributed by atoms with Crippen LogP contribution in [0.4, 0.5) is 23.4 Å². The van der Waals surface area contributed by atoms with Crippen LogP contribution in [0.1, 0.15) is 66.7 Å². The zero-order valence-corrected chi connectivity index (χ0v) is 23.3. The van der Waals surface area contributed by atoms with E-state index in [4.69, 9.17) is 9.72 Å². The van der Waals surface area contributed by atoms with E-state index in [1.165, 1.54) is 5.56 Å². The number of rotatable bonds is 15. The third-order valence-electron chi connectivity index (χ3n) is 6.74. The molecule has 1 aliphatic heterocycles. The SMILES string of the molecule is CC(C)OCCN(CCCCc1ccc2c(n1)NCCC2)CC[C@H](NC(=O)c1c(F)cncc1C(F)(F)F)C(=O)O. The third-order valence-corrected chi connectivity index (χ3v) is 6.74. The van der Waals surface area contributed by atoms with Gasteiger partial charge in [0.1, 0.15) is 11.9 Å². The maximum Gasteiger partial charge on any atom is 0.418 e. The lowest BCUT2D eigenvalue weighted by Crippen LogP contribution is -2.44. The van der Waals surface area contributed by atoms with E-state index in [1.54, 1.807) is 0 Å². The minimum Gasteiger partial charge on any atom is -0.480 e. The summed E-state index contributed by atoms with van der Waals surface area (Å²) in [6, 6.07) is 2.61. The molecule has 0 unspecified atom stereocenters. The van der Waals surface area contributed by atoms with Crippen LogP contribution in [0, 0.1) is 5.82 Å². The predicted octanol–water partition coefficient (Wildman–Crippen LogP) is 4.32. The van der Waals surface area contributed by atoms with Crippen molar-refractivity contribution in [1.29, 1.82) is 0 Å². The molecule has 2 aromatic rings. The van der Waals surface area contributed by atoms with Gasteiger partial charge in [0, 0.05) is 31.5 Å². The molecule has 0 aromatic carbocycles. The van der Waals surface area contributed by atoms with E-state index in [2.05, 4.69) is 21.7 Å². The monoisotopic (exact) mass is 583 g/mol. The van der Waals surface area contributed by atoms with Crippen LogP contribution in [-0.4, -0.2) is 76.8 Å². The molecule has 3 heterocycles. The number of carboxylic acid groups (broad SMARTS) is 1. The molecule has 41 heavy (non-hydrogen) atoms. The van der Waals surface area contributed by atoms with Gasteiger partial charge in [-0.2, -0.15) is 13.2 Å². The molecule has 0 radical (unpaired) electrons. The van der Waals surface area contributed by atoms with E-state index < -0.39 is 41.0 Å². The first-order valence-corrected chi connectivity index (χ1v) is 13.8. The number of carbonyl (C=O) groups is 2. The number of nitrogens with zero attached hydrogens (tertiary/aromatic N) is 3. The average Bonchev–Trinajstić information content (AvgIpc) is 2.91. The van der Waals surface area contributed by atoms with Crippen LogP contribution in [0.25, 0.3) is 0 Å². The number of alkyl halides is 3. The Bertz CT molecular complexity index is 1180. The fourth-order valence-corrected chi connectivity index (χ4v) is 4.58. The molecule has 1 atom stereocenters. The van der Waals surface area contributed by atoms with Gasteiger partial charge in [-0.15, -0.1) is 0 Å². The third kappa shape index (κ3) is 9.92. The average molecular weight is 584 g/mol. The number of amides is 1. The summed E-state index contributed by atoms with van der Waals surface area (Å²) >= 11 is 0. The van der Waals surface area contributed by atoms with Crippen molar-refractivity contribution in [3.63, 3.8) is 0 Å². The molecular formula is C28H37F4N5O4. The van der Waals surface area contributed by atoms with Gasteiger partial charge in [0.15, 0.2) is 5.82 Å². The molecule has 3 rings (SSSR count). The number of carbonyl (C=O) groups excluding carboxylic acids is 1. The Kier molecular flexibility index (Phi) is 11.8. The highest BCUT2D eigenvalue weighted by Crippen LogP contribution is 2.32. The lowest BCUT2D eigenvalue weighted by molar-refractivity contribution is -0.139. The molecule has 2 aromatic heterocycles. The summed E-state index contributed by atoms with van der Waals surface area (Å²) in [7, 11) is 0. The summed E-state index contributed by atoms with van der Waals surface area (Å²) in [6.07, 6.45) is 0.181. The van der Waals surface area contributed by atoms with Crippen LogP contribution in [0.3, 0.4) is 0 Å². The van der Waals surface area contributed by atoms with Crippen LogP contribution in [0.2, 0.25) is 0 Å². The highest BCUT2D eigenvalue weighted by molar-refractivity contribution is 5.98. The molecule has 1 amide bonds. The number of unbranched alkanes of at least 4 members (excludes halogenated alkanes) is 1. The number of aryl methyl sites for hydroxylation is 2. The Balaban J connectivity index is 1.58. The molecule has 13 heteroatoms. The first-order valence-electron chi connectivity index (χ1n) is 13.8. The normalized spacial score (nSPS) is 14.0. The number of aromatic nitrogens is 2. The van der Waals surface area contributed by atoms with Crippen molar-refractivity contribution in [3.05, 3.63) is 52.7 Å². The molecule has 226 valence electrons. The standard InChI is InChI=1S/C28H37F4N5O4/c1-18(2)41-15-14-37(12-4-3-7-20-9-8-19-6-5-11-34-25(19)35-20)13-10-23(27(39)40)36-26(38)24-21(28(30,31)32)16-33-17-22(24)29/h8-9,16-18,23H,3-7,10-15H2,1-2H3,(H,34,35)(H,36,38)(H,39,40)/t23-/m0/s1. The van der Waals surface area contributed by atoms with Gasteiger partial charge >= 0.3 is 12.1 Å². The fraction of sp³-hybridized carbons (Fsp3) is 0.571. The first kappa shape index (κ1) is 32.2. The van der Waals surface area contributed by atoms with E-state index in [1.807, 2.05) is 24.8 Å². The highest BCUT2D eigenvalue weighted by atomic mass is 19.4. The molecule has 0 spiro atoms. The second kappa shape index (κ2) is 15.1. The summed E-state index contributed by atoms with van der Waals surface area (Å²) < 4.78 is 59.8. The zero-order valence-electron chi connectivity index (χ0n) is 23.3. The van der Waals surface area contributed by atoms with Crippen LogP contribution in [-0.2, 0) is 28.5 Å². The smallest absolute Gasteiger partial charge is 0.418 e. The second-order valence-corrected chi connectivity index (χ2v) is 10.3. The Hall–Kier alpha value is -3.32. The van der Waals surface area contributed by atoms with Crippen molar-refractivity contribution in [3.8, 4) is 0 Å². The van der Waals surface area contributed by atoms with Gasteiger partial charge in [-0.1, -0.05) is 6.07 Å². The van der Waals surface area contributed by atoms with Crippen molar-refractivity contribution >= 4 is 17.7 Å². The number of anilines is 1. The van der Waals surface area contributed by atoms with Crippen LogP contribution >= 0.6 is 0 Å². The van der Waals surface area contributed by atoms with E-state index in [0.29, 0.717) is 32.1 Å². The molecule has 9 nitrogen and oxygen atoms in total. The lowest BCUT2D eigenvalue weighted by atomic mass is 10.1. The number of aliphatic carboxylic acids is 1. The maximum atomic E-state index is 14.2. The fourth-order valence-electron chi connectivity index (χ4n) is 4.58. The van der Waals surface area contributed by atoms with Crippen LogP contribution in [0.15, 0.2) is 24.5 Å². The van der Waals surface area contributed by atoms with Crippen LogP contribution in [0.5, 0.6) is 0 Å². The van der Waals surface area contributed by atoms with Crippen molar-refractivity contribution in [1.82, 2.24) is 20.2 Å². The summed E-state index contributed by atoms with van der Waals surface area (Å²) in [5, 5.41) is 15.0. The summed E-state index contributed by atoms with van der Waals surface area (Å²) in [6.45, 7) is 6.44. The van der Waals surface area contributed by atoms with Gasteiger partial charge in [-0.3, -0.25) is 9.78 Å². The van der Waals surface area contributed by atoms with E-state index in [-0.39, 0.29) is 19.1 Å². The summed E-state index contributed by atoms with van der Waals surface area (Å²) in [4.78, 5) is 34.3. The number of pyridine rings is 2. The zero-order chi connectivity index (χ0) is 30.0. The van der Waals surface area contributed by atoms with Gasteiger partial charge in [0.25, 0.3) is 5.91 Å². The minimum atomic E-state index is -5.04. The quantitative estimate of drug-likeness (QED) is 0.210. The van der Waals surface area contributed by atoms with Crippen LogP contribution < -0.4 is 10.6 Å². The number of halogens is 4. The Morgan fingerprint density at radius 1 is 1.17 bits per heavy atom. The number of hydrogen-bond donors (Lipinski definition) is 3. The largest absolute Gasteiger partial charge is 0.480 e. The molecule has 0 fully saturated rings. The first-order chi connectivity index (χ1) is 19.5. The maximum absolute atomic E-state index is 14.2. The van der Waals surface area contributed by atoms with Crippen molar-refractivity contribution in [2.45, 2.75) is 70.7 Å². The summed E-state index contributed by atoms with van der Waals surface area (Å²) in [5.74, 6) is -3.45. The van der Waals surface area contributed by atoms with E-state index in [9.17, 15) is 32.3 Å². The van der Waals surface area contributed by atoms with Gasteiger partial charge < -0.3 is 25.4 Å². The second-order valence-electron chi connectivity index (χ2n) is 10.3. The number of fused-ring (bicyclic) bond motifs is 1. The summed E-state index contributed by atoms with van der Waals surface area (Å²) in [5.41, 5.74) is -0.650. The molecule has 0 saturated heterocycles. The lowest BCUT2D eigenvalue weighted by Gasteiger charge is -2.25. The van der Waals surface area contributed by atoms with Crippen molar-refractivity contribution < 1.29 is 37.0 Å². The number of hydrogen-bond acceptors (Lipinski definition) is 7. The van der Waals surface area contributed by atoms with E-state index in [0.717, 1.165) is 50.2 Å². The topological polar surface area (TPSA) is 117 Å². The van der Waals surface area contributed by atoms with Crippen molar-refractivity contribution in [2.24, 2.45) is 0 Å². The molecule has 0 aliphatic carbocycles. The molecule has 0 saturated carbocycles. The molecule has 1 aliphatic rings. The van der Waals surface area contributed by atoms with Gasteiger partial charge in [-0.05, 0) is 70.5 Å². The van der Waals surface area contributed by atoms with Gasteiger partial charge in [0.2, 0.25) is 0 Å². The Morgan fingerprint density at radius 2 is 1.95 bits per heavy atom. The molecule has 3 N–H and O–H groups in total. The number of ether oxygens (including phenoxy) is 1. The predicted molar refractivity (Wildman–Crippen MR) is 144 cm³/mol. The van der Waals surface area contributed by atoms with Gasteiger partial charge in [0.05, 0.1) is 30.0 Å². The Labute approximate surface area is 236 Å². The Morgan fingerprint density at radius 3 is 2.66 bits per heavy atom. The minimum absolute atomic E-state index is 0.00434. The highest BCUT2D eigenvalue weighted by Gasteiger charge is 2.38.